The summed E-state index contributed by atoms with van der Waals surface area (Å²) in [6.07, 6.45) is -0.266. The average molecular weight is 158 g/mol. The quantitative estimate of drug-likeness (QED) is 0.500. The Morgan fingerprint density at radius 3 is 2.45 bits per heavy atom. The lowest BCUT2D eigenvalue weighted by molar-refractivity contribution is -0.133. The number of aliphatic carboxylic acids is 1. The van der Waals surface area contributed by atoms with Crippen molar-refractivity contribution in [3.8, 4) is 0 Å². The summed E-state index contributed by atoms with van der Waals surface area (Å²) in [4.78, 5) is 10.3. The first-order valence-electron chi connectivity index (χ1n) is 3.19. The molecule has 0 spiro atoms. The van der Waals surface area contributed by atoms with Gasteiger partial charge in [-0.25, -0.2) is 9.18 Å². The molecule has 0 aromatic rings. The molecule has 0 radical (unpaired) electrons. The summed E-state index contributed by atoms with van der Waals surface area (Å²) in [5, 5.41) is 8.40. The molecule has 0 aromatic carbocycles. The van der Waals surface area contributed by atoms with Gasteiger partial charge in [-0.2, -0.15) is 0 Å². The summed E-state index contributed by atoms with van der Waals surface area (Å²) < 4.78 is 12.7. The molecule has 0 rings (SSSR count). The van der Waals surface area contributed by atoms with E-state index in [9.17, 15) is 9.18 Å². The topological polar surface area (TPSA) is 37.3 Å². The number of allylic oxidation sites excluding steroid dienone is 1. The number of halogens is 1. The van der Waals surface area contributed by atoms with Crippen molar-refractivity contribution in [3.63, 3.8) is 0 Å². The highest BCUT2D eigenvalue weighted by molar-refractivity contribution is 5.86. The molecule has 0 heterocycles. The van der Waals surface area contributed by atoms with Gasteiger partial charge in [-0.1, -0.05) is 19.6 Å². The van der Waals surface area contributed by atoms with Crippen molar-refractivity contribution in [1.29, 1.82) is 0 Å². The van der Waals surface area contributed by atoms with Crippen LogP contribution in [-0.2, 0) is 4.79 Å². The monoisotopic (exact) mass is 158 g/mol. The Morgan fingerprint density at radius 1 is 1.73 bits per heavy atom. The average Bonchev–Trinajstić information content (AvgIpc) is 2.00. The van der Waals surface area contributed by atoms with Crippen molar-refractivity contribution in [3.05, 3.63) is 24.8 Å². The molecule has 0 fully saturated rings. The first kappa shape index (κ1) is 9.88. The van der Waals surface area contributed by atoms with E-state index in [4.69, 9.17) is 5.11 Å². The molecule has 0 saturated heterocycles. The number of carboxylic acid groups (broad SMARTS) is 1. The fourth-order valence-corrected chi connectivity index (χ4v) is 0.591. The minimum absolute atomic E-state index is 0.127. The van der Waals surface area contributed by atoms with Gasteiger partial charge in [0, 0.05) is 11.5 Å². The van der Waals surface area contributed by atoms with Crippen molar-refractivity contribution >= 4 is 5.97 Å². The maximum atomic E-state index is 12.7. The van der Waals surface area contributed by atoms with Crippen molar-refractivity contribution in [1.82, 2.24) is 0 Å². The van der Waals surface area contributed by atoms with Gasteiger partial charge in [0.2, 0.25) is 0 Å². The van der Waals surface area contributed by atoms with Gasteiger partial charge in [0.15, 0.2) is 0 Å². The molecule has 11 heavy (non-hydrogen) atoms. The molecule has 0 aliphatic heterocycles. The zero-order valence-corrected chi connectivity index (χ0v) is 6.38. The third-order valence-electron chi connectivity index (χ3n) is 1.53. The van der Waals surface area contributed by atoms with E-state index in [0.29, 0.717) is 0 Å². The van der Waals surface area contributed by atoms with Crippen molar-refractivity contribution in [2.24, 2.45) is 5.92 Å². The van der Waals surface area contributed by atoms with Gasteiger partial charge in [0.25, 0.3) is 0 Å². The van der Waals surface area contributed by atoms with Crippen LogP contribution in [0, 0.1) is 5.92 Å². The predicted octanol–water partition coefficient (Wildman–Crippen LogP) is 1.79. The first-order valence-corrected chi connectivity index (χ1v) is 3.19. The SMILES string of the molecule is C=CC(F)C(C)C(=C)C(=O)O. The van der Waals surface area contributed by atoms with E-state index in [1.165, 1.54) is 6.92 Å². The molecule has 0 bridgehead atoms. The predicted molar refractivity (Wildman–Crippen MR) is 41.0 cm³/mol. The molecule has 2 unspecified atom stereocenters. The first-order chi connectivity index (χ1) is 5.00. The largest absolute Gasteiger partial charge is 0.478 e. The summed E-state index contributed by atoms with van der Waals surface area (Å²) in [5.41, 5.74) is -0.127. The fraction of sp³-hybridized carbons (Fsp3) is 0.375. The van der Waals surface area contributed by atoms with E-state index in [-0.39, 0.29) is 5.57 Å². The molecule has 0 aliphatic rings. The maximum absolute atomic E-state index is 12.7. The van der Waals surface area contributed by atoms with Gasteiger partial charge in [-0.3, -0.25) is 0 Å². The van der Waals surface area contributed by atoms with Gasteiger partial charge in [-0.05, 0) is 0 Å². The molecular formula is C8H11FO2. The highest BCUT2D eigenvalue weighted by Gasteiger charge is 2.20. The lowest BCUT2D eigenvalue weighted by Gasteiger charge is -2.12. The Bertz CT molecular complexity index is 187. The summed E-state index contributed by atoms with van der Waals surface area (Å²) in [7, 11) is 0. The molecule has 62 valence electrons. The minimum atomic E-state index is -1.33. The highest BCUT2D eigenvalue weighted by atomic mass is 19.1. The standard InChI is InChI=1S/C8H11FO2/c1-4-7(9)5(2)6(3)8(10)11/h4-5,7H,1,3H2,2H3,(H,10,11). The summed E-state index contributed by atoms with van der Waals surface area (Å²) in [6, 6.07) is 0. The summed E-state index contributed by atoms with van der Waals surface area (Å²) in [5.74, 6) is -1.87. The zero-order chi connectivity index (χ0) is 9.02. The molecular weight excluding hydrogens is 147 g/mol. The van der Waals surface area contributed by atoms with Crippen LogP contribution in [0.5, 0.6) is 0 Å². The number of carbonyl (C=O) groups is 1. The zero-order valence-electron chi connectivity index (χ0n) is 6.38. The van der Waals surface area contributed by atoms with E-state index < -0.39 is 18.1 Å². The smallest absolute Gasteiger partial charge is 0.331 e. The third-order valence-corrected chi connectivity index (χ3v) is 1.53. The van der Waals surface area contributed by atoms with E-state index in [2.05, 4.69) is 13.2 Å². The van der Waals surface area contributed by atoms with Crippen LogP contribution in [0.2, 0.25) is 0 Å². The molecule has 0 aromatic heterocycles. The molecule has 0 amide bonds. The van der Waals surface area contributed by atoms with E-state index >= 15 is 0 Å². The third kappa shape index (κ3) is 2.53. The van der Waals surface area contributed by atoms with Crippen LogP contribution in [0.4, 0.5) is 4.39 Å². The van der Waals surface area contributed by atoms with Gasteiger partial charge < -0.3 is 5.11 Å². The Morgan fingerprint density at radius 2 is 2.18 bits per heavy atom. The van der Waals surface area contributed by atoms with Gasteiger partial charge in [0.05, 0.1) is 0 Å². The fourth-order valence-electron chi connectivity index (χ4n) is 0.591. The van der Waals surface area contributed by atoms with Crippen molar-refractivity contribution < 1.29 is 14.3 Å². The molecule has 2 atom stereocenters. The van der Waals surface area contributed by atoms with E-state index in [1.807, 2.05) is 0 Å². The van der Waals surface area contributed by atoms with Crippen LogP contribution in [0.1, 0.15) is 6.92 Å². The minimum Gasteiger partial charge on any atom is -0.478 e. The Hall–Kier alpha value is -1.12. The molecule has 0 saturated carbocycles. The number of hydrogen-bond donors (Lipinski definition) is 1. The number of alkyl halides is 1. The van der Waals surface area contributed by atoms with Gasteiger partial charge in [0.1, 0.15) is 6.17 Å². The summed E-state index contributed by atoms with van der Waals surface area (Å²) >= 11 is 0. The van der Waals surface area contributed by atoms with E-state index in [1.54, 1.807) is 0 Å². The number of carboxylic acids is 1. The maximum Gasteiger partial charge on any atom is 0.331 e. The highest BCUT2D eigenvalue weighted by Crippen LogP contribution is 2.16. The molecule has 0 aliphatic carbocycles. The van der Waals surface area contributed by atoms with Crippen molar-refractivity contribution in [2.75, 3.05) is 0 Å². The van der Waals surface area contributed by atoms with Crippen LogP contribution in [0.15, 0.2) is 24.8 Å². The second-order valence-electron chi connectivity index (χ2n) is 2.30. The van der Waals surface area contributed by atoms with Gasteiger partial charge >= 0.3 is 5.97 Å². The van der Waals surface area contributed by atoms with Crippen molar-refractivity contribution in [2.45, 2.75) is 13.1 Å². The Balaban J connectivity index is 4.24. The second-order valence-corrected chi connectivity index (χ2v) is 2.30. The molecule has 2 nitrogen and oxygen atoms in total. The van der Waals surface area contributed by atoms with Crippen LogP contribution >= 0.6 is 0 Å². The van der Waals surface area contributed by atoms with Gasteiger partial charge in [-0.15, -0.1) is 6.58 Å². The van der Waals surface area contributed by atoms with Crippen LogP contribution in [0.3, 0.4) is 0 Å². The Labute approximate surface area is 65.0 Å². The second kappa shape index (κ2) is 3.91. The van der Waals surface area contributed by atoms with Crippen LogP contribution in [-0.4, -0.2) is 17.2 Å². The normalized spacial score (nSPS) is 15.1. The number of hydrogen-bond acceptors (Lipinski definition) is 1. The van der Waals surface area contributed by atoms with Crippen LogP contribution in [0.25, 0.3) is 0 Å². The van der Waals surface area contributed by atoms with Crippen LogP contribution < -0.4 is 0 Å². The Kier molecular flexibility index (Phi) is 3.51. The van der Waals surface area contributed by atoms with E-state index in [0.717, 1.165) is 6.08 Å². The number of rotatable bonds is 4. The molecule has 3 heteroatoms. The molecule has 1 N–H and O–H groups in total. The summed E-state index contributed by atoms with van der Waals surface area (Å²) in [6.45, 7) is 7.91. The lowest BCUT2D eigenvalue weighted by Crippen LogP contribution is -2.17. The lowest BCUT2D eigenvalue weighted by atomic mass is 9.98.